The lowest BCUT2D eigenvalue weighted by Crippen LogP contribution is -2.26. The fourth-order valence-corrected chi connectivity index (χ4v) is 13.0. The van der Waals surface area contributed by atoms with Crippen LogP contribution < -0.4 is 4.90 Å². The third-order valence-electron chi connectivity index (χ3n) is 16.2. The second-order valence-electron chi connectivity index (χ2n) is 19.9. The zero-order valence-electron chi connectivity index (χ0n) is 40.2. The standard InChI is InChI=1S/C71H44N2O/c1-2-18-53-46(15-1)35-41-62-61-25-14-24-54(69(61)74-70(53)62)47-33-38-50(39-34-47)72(49-36-31-45(32-37-49)48-16-13-17-51(43-48)73-67-29-11-6-22-59(67)60-23-7-12-30-68(60)73)52-40-42-58-57-21-5-10-28-65(57)71(66(58)44-52)63-26-8-3-19-55(63)56-20-4-9-27-64(56)71/h1-44H. The number of aromatic nitrogens is 1. The molecular formula is C71H44N2O. The highest BCUT2D eigenvalue weighted by Crippen LogP contribution is 2.63. The van der Waals surface area contributed by atoms with Crippen molar-refractivity contribution in [3.63, 3.8) is 0 Å². The smallest absolute Gasteiger partial charge is 0.143 e. The average molecular weight is 941 g/mol. The van der Waals surface area contributed by atoms with E-state index in [4.69, 9.17) is 4.42 Å². The number of anilines is 3. The Bertz CT molecular complexity index is 4490. The molecule has 0 amide bonds. The van der Waals surface area contributed by atoms with E-state index in [-0.39, 0.29) is 0 Å². The van der Waals surface area contributed by atoms with E-state index in [0.29, 0.717) is 0 Å². The van der Waals surface area contributed by atoms with Crippen molar-refractivity contribution >= 4 is 71.6 Å². The number of hydrogen-bond acceptors (Lipinski definition) is 2. The highest BCUT2D eigenvalue weighted by molar-refractivity contribution is 6.17. The summed E-state index contributed by atoms with van der Waals surface area (Å²) < 4.78 is 9.23. The van der Waals surface area contributed by atoms with E-state index in [9.17, 15) is 0 Å². The maximum absolute atomic E-state index is 6.83. The fourth-order valence-electron chi connectivity index (χ4n) is 13.0. The van der Waals surface area contributed by atoms with Gasteiger partial charge < -0.3 is 13.9 Å². The molecule has 0 bridgehead atoms. The Kier molecular flexibility index (Phi) is 8.66. The number of furan rings is 1. The lowest BCUT2D eigenvalue weighted by Gasteiger charge is -2.32. The number of benzene rings is 12. The SMILES string of the molecule is c1cc(-c2ccc(N(c3ccc(-c4cccc5c4oc4c6ccccc6ccc54)cc3)c3ccc4c(c3)C3(c5ccccc5-c5ccccc53)c3ccccc3-4)cc2)cc(-n2c3ccccc3c3ccccc32)c1. The van der Waals surface area contributed by atoms with Crippen LogP contribution in [0.15, 0.2) is 271 Å². The van der Waals surface area contributed by atoms with E-state index in [1.54, 1.807) is 0 Å². The first-order valence-corrected chi connectivity index (χ1v) is 25.6. The zero-order chi connectivity index (χ0) is 48.5. The molecular weight excluding hydrogens is 897 g/mol. The van der Waals surface area contributed by atoms with Crippen molar-refractivity contribution in [3.8, 4) is 50.2 Å². The molecule has 344 valence electrons. The predicted molar refractivity (Wildman–Crippen MR) is 307 cm³/mol. The quantitative estimate of drug-likeness (QED) is 0.166. The summed E-state index contributed by atoms with van der Waals surface area (Å²) in [5.74, 6) is 0. The summed E-state index contributed by atoms with van der Waals surface area (Å²) in [5, 5.41) is 7.08. The third-order valence-corrected chi connectivity index (χ3v) is 16.2. The first kappa shape index (κ1) is 41.0. The Balaban J connectivity index is 0.854. The molecule has 3 heteroatoms. The number of para-hydroxylation sites is 3. The van der Waals surface area contributed by atoms with Crippen LogP contribution in [0.5, 0.6) is 0 Å². The molecule has 0 saturated carbocycles. The van der Waals surface area contributed by atoms with Gasteiger partial charge in [0.05, 0.1) is 16.4 Å². The zero-order valence-corrected chi connectivity index (χ0v) is 40.2. The van der Waals surface area contributed by atoms with E-state index >= 15 is 0 Å². The largest absolute Gasteiger partial charge is 0.455 e. The van der Waals surface area contributed by atoms with Gasteiger partial charge in [-0.1, -0.05) is 200 Å². The molecule has 0 radical (unpaired) electrons. The van der Waals surface area contributed by atoms with Crippen molar-refractivity contribution in [2.75, 3.05) is 4.90 Å². The lowest BCUT2D eigenvalue weighted by atomic mass is 9.70. The van der Waals surface area contributed by atoms with Gasteiger partial charge in [0.2, 0.25) is 0 Å². The molecule has 2 aliphatic rings. The Morgan fingerprint density at radius 2 is 0.797 bits per heavy atom. The first-order chi connectivity index (χ1) is 36.7. The Morgan fingerprint density at radius 3 is 1.46 bits per heavy atom. The summed E-state index contributed by atoms with van der Waals surface area (Å²) in [6.45, 7) is 0. The summed E-state index contributed by atoms with van der Waals surface area (Å²) in [4.78, 5) is 2.43. The van der Waals surface area contributed by atoms with Gasteiger partial charge in [-0.2, -0.15) is 0 Å². The molecule has 0 atom stereocenters. The molecule has 0 aliphatic heterocycles. The fraction of sp³-hybridized carbons (Fsp3) is 0.0141. The molecule has 2 aromatic heterocycles. The summed E-state index contributed by atoms with van der Waals surface area (Å²) in [5.41, 5.74) is 23.1. The van der Waals surface area contributed by atoms with Crippen molar-refractivity contribution in [3.05, 3.63) is 289 Å². The monoisotopic (exact) mass is 940 g/mol. The van der Waals surface area contributed by atoms with E-state index < -0.39 is 5.41 Å². The maximum atomic E-state index is 6.83. The molecule has 1 spiro atoms. The van der Waals surface area contributed by atoms with Crippen molar-refractivity contribution in [1.82, 2.24) is 4.57 Å². The molecule has 2 heterocycles. The average Bonchev–Trinajstić information content (AvgIpc) is 4.20. The van der Waals surface area contributed by atoms with Crippen molar-refractivity contribution in [2.24, 2.45) is 0 Å². The minimum atomic E-state index is -0.466. The lowest BCUT2D eigenvalue weighted by molar-refractivity contribution is 0.674. The Labute approximate surface area is 428 Å². The predicted octanol–water partition coefficient (Wildman–Crippen LogP) is 19.0. The van der Waals surface area contributed by atoms with Crippen LogP contribution in [0.1, 0.15) is 22.3 Å². The van der Waals surface area contributed by atoms with E-state index in [1.165, 1.54) is 71.7 Å². The molecule has 0 fully saturated rings. The molecule has 12 aromatic carbocycles. The first-order valence-electron chi connectivity index (χ1n) is 25.6. The van der Waals surface area contributed by atoms with Gasteiger partial charge in [-0.25, -0.2) is 0 Å². The number of hydrogen-bond donors (Lipinski definition) is 0. The van der Waals surface area contributed by atoms with Crippen LogP contribution in [0, 0.1) is 0 Å². The van der Waals surface area contributed by atoms with Crippen molar-refractivity contribution < 1.29 is 4.42 Å². The minimum Gasteiger partial charge on any atom is -0.455 e. The van der Waals surface area contributed by atoms with Crippen LogP contribution in [0.3, 0.4) is 0 Å². The summed E-state index contributed by atoms with van der Waals surface area (Å²) >= 11 is 0. The van der Waals surface area contributed by atoms with Crippen LogP contribution in [0.4, 0.5) is 17.1 Å². The van der Waals surface area contributed by atoms with Crippen molar-refractivity contribution in [2.45, 2.75) is 5.41 Å². The van der Waals surface area contributed by atoms with Crippen LogP contribution in [0.25, 0.3) is 105 Å². The molecule has 2 aliphatic carbocycles. The number of fused-ring (bicyclic) bond motifs is 18. The van der Waals surface area contributed by atoms with E-state index in [1.807, 2.05) is 0 Å². The van der Waals surface area contributed by atoms with Gasteiger partial charge in [-0.3, -0.25) is 0 Å². The van der Waals surface area contributed by atoms with Gasteiger partial charge in [0, 0.05) is 55.2 Å². The molecule has 3 nitrogen and oxygen atoms in total. The highest BCUT2D eigenvalue weighted by Gasteiger charge is 2.51. The Morgan fingerprint density at radius 1 is 0.297 bits per heavy atom. The molecule has 0 N–H and O–H groups in total. The van der Waals surface area contributed by atoms with Gasteiger partial charge in [-0.15, -0.1) is 0 Å². The number of rotatable bonds is 6. The Hall–Kier alpha value is -9.70. The van der Waals surface area contributed by atoms with Crippen LogP contribution in [-0.2, 0) is 5.41 Å². The molecule has 0 unspecified atom stereocenters. The van der Waals surface area contributed by atoms with E-state index in [2.05, 4.69) is 276 Å². The van der Waals surface area contributed by atoms with Crippen LogP contribution >= 0.6 is 0 Å². The van der Waals surface area contributed by atoms with Gasteiger partial charge >= 0.3 is 0 Å². The topological polar surface area (TPSA) is 21.3 Å². The second kappa shape index (κ2) is 15.6. The molecule has 14 aromatic rings. The van der Waals surface area contributed by atoms with Gasteiger partial charge in [0.15, 0.2) is 0 Å². The highest BCUT2D eigenvalue weighted by atomic mass is 16.3. The van der Waals surface area contributed by atoms with Crippen LogP contribution in [-0.4, -0.2) is 4.57 Å². The van der Waals surface area contributed by atoms with E-state index in [0.717, 1.165) is 72.3 Å². The number of nitrogens with zero attached hydrogens (tertiary/aromatic N) is 2. The van der Waals surface area contributed by atoms with Crippen molar-refractivity contribution in [1.29, 1.82) is 0 Å². The van der Waals surface area contributed by atoms with Gasteiger partial charge in [0.1, 0.15) is 11.2 Å². The van der Waals surface area contributed by atoms with Gasteiger partial charge in [0.25, 0.3) is 0 Å². The molecule has 16 rings (SSSR count). The molecule has 0 saturated heterocycles. The molecule has 74 heavy (non-hydrogen) atoms. The summed E-state index contributed by atoms with van der Waals surface area (Å²) in [6, 6.07) is 98.2. The minimum absolute atomic E-state index is 0.466. The summed E-state index contributed by atoms with van der Waals surface area (Å²) in [7, 11) is 0. The van der Waals surface area contributed by atoms with Crippen LogP contribution in [0.2, 0.25) is 0 Å². The summed E-state index contributed by atoms with van der Waals surface area (Å²) in [6.07, 6.45) is 0. The normalized spacial score (nSPS) is 13.0. The maximum Gasteiger partial charge on any atom is 0.143 e. The second-order valence-corrected chi connectivity index (χ2v) is 19.9. The van der Waals surface area contributed by atoms with Gasteiger partial charge in [-0.05, 0) is 133 Å². The third kappa shape index (κ3) is 5.72.